The molecule has 0 spiro atoms. The molecule has 34 heavy (non-hydrogen) atoms. The lowest BCUT2D eigenvalue weighted by molar-refractivity contribution is -0.370. The molecular formula is C30H50O4. The zero-order valence-corrected chi connectivity index (χ0v) is 22.5. The van der Waals surface area contributed by atoms with Gasteiger partial charge in [0.1, 0.15) is 5.75 Å². The summed E-state index contributed by atoms with van der Waals surface area (Å²) in [4.78, 5) is 12.6. The maximum atomic E-state index is 12.6. The number of carbonyl (C=O) groups excluding carboxylic acids is 1. The van der Waals surface area contributed by atoms with Gasteiger partial charge in [-0.05, 0) is 38.3 Å². The van der Waals surface area contributed by atoms with Crippen molar-refractivity contribution in [1.82, 2.24) is 0 Å². The van der Waals surface area contributed by atoms with E-state index >= 15 is 0 Å². The lowest BCUT2D eigenvalue weighted by Crippen LogP contribution is -2.57. The van der Waals surface area contributed by atoms with Gasteiger partial charge in [-0.1, -0.05) is 115 Å². The molecule has 1 heterocycles. The number of unbranched alkanes of at least 4 members (excludes halogenated alkanes) is 14. The van der Waals surface area contributed by atoms with Gasteiger partial charge >= 0.3 is 11.9 Å². The molecule has 0 aromatic heterocycles. The van der Waals surface area contributed by atoms with E-state index in [1.807, 2.05) is 38.1 Å². The fourth-order valence-electron chi connectivity index (χ4n) is 4.98. The Morgan fingerprint density at radius 2 is 1.32 bits per heavy atom. The molecule has 0 radical (unpaired) electrons. The summed E-state index contributed by atoms with van der Waals surface area (Å²) >= 11 is 0. The number of rotatable bonds is 18. The molecule has 1 aromatic rings. The Hall–Kier alpha value is -1.55. The molecule has 4 nitrogen and oxygen atoms in total. The third-order valence-corrected chi connectivity index (χ3v) is 7.18. The van der Waals surface area contributed by atoms with Crippen LogP contribution in [-0.2, 0) is 20.7 Å². The van der Waals surface area contributed by atoms with Crippen LogP contribution in [0.5, 0.6) is 5.75 Å². The largest absolute Gasteiger partial charge is 0.429 e. The van der Waals surface area contributed by atoms with Gasteiger partial charge in [-0.15, -0.1) is 0 Å². The normalized spacial score (nSPS) is 18.8. The van der Waals surface area contributed by atoms with E-state index in [0.29, 0.717) is 6.42 Å². The Balaban J connectivity index is 1.54. The molecule has 0 bridgehead atoms. The molecule has 1 atom stereocenters. The van der Waals surface area contributed by atoms with Crippen LogP contribution in [0.3, 0.4) is 0 Å². The highest BCUT2D eigenvalue weighted by Crippen LogP contribution is 2.46. The molecule has 1 unspecified atom stereocenters. The topological polar surface area (TPSA) is 44.8 Å². The van der Waals surface area contributed by atoms with Gasteiger partial charge in [0.05, 0.1) is 5.41 Å². The number of para-hydroxylation sites is 1. The van der Waals surface area contributed by atoms with Gasteiger partial charge in [0.25, 0.3) is 0 Å². The summed E-state index contributed by atoms with van der Waals surface area (Å²) in [5, 5.41) is 0. The van der Waals surface area contributed by atoms with Crippen LogP contribution in [0.4, 0.5) is 0 Å². The predicted molar refractivity (Wildman–Crippen MR) is 140 cm³/mol. The van der Waals surface area contributed by atoms with Crippen LogP contribution in [0.1, 0.15) is 129 Å². The molecule has 0 saturated heterocycles. The van der Waals surface area contributed by atoms with E-state index in [9.17, 15) is 4.79 Å². The number of carbonyl (C=O) groups is 1. The highest BCUT2D eigenvalue weighted by atomic mass is 16.9. The number of hydrogen-bond donors (Lipinski definition) is 0. The van der Waals surface area contributed by atoms with Gasteiger partial charge in [0.2, 0.25) is 0 Å². The number of esters is 1. The molecule has 1 aliphatic rings. The summed E-state index contributed by atoms with van der Waals surface area (Å²) in [7, 11) is 1.55. The third-order valence-electron chi connectivity index (χ3n) is 7.18. The summed E-state index contributed by atoms with van der Waals surface area (Å²) < 4.78 is 17.6. The lowest BCUT2D eigenvalue weighted by atomic mass is 9.80. The van der Waals surface area contributed by atoms with Crippen LogP contribution in [0.2, 0.25) is 0 Å². The summed E-state index contributed by atoms with van der Waals surface area (Å²) in [5.41, 5.74) is 0.625. The van der Waals surface area contributed by atoms with Crippen LogP contribution < -0.4 is 4.74 Å². The van der Waals surface area contributed by atoms with Crippen molar-refractivity contribution in [2.75, 3.05) is 7.11 Å². The van der Waals surface area contributed by atoms with Crippen LogP contribution >= 0.6 is 0 Å². The van der Waals surface area contributed by atoms with Gasteiger partial charge in [-0.25, -0.2) is 0 Å². The third kappa shape index (κ3) is 9.24. The van der Waals surface area contributed by atoms with Crippen molar-refractivity contribution in [2.24, 2.45) is 5.41 Å². The van der Waals surface area contributed by atoms with E-state index in [2.05, 4.69) is 6.92 Å². The van der Waals surface area contributed by atoms with Crippen molar-refractivity contribution in [3.63, 3.8) is 0 Å². The molecule has 4 heteroatoms. The maximum Gasteiger partial charge on any atom is 0.379 e. The second-order valence-corrected chi connectivity index (χ2v) is 10.7. The van der Waals surface area contributed by atoms with Crippen molar-refractivity contribution in [3.8, 4) is 5.75 Å². The maximum absolute atomic E-state index is 12.6. The monoisotopic (exact) mass is 474 g/mol. The van der Waals surface area contributed by atoms with E-state index < -0.39 is 11.4 Å². The first-order valence-electron chi connectivity index (χ1n) is 14.0. The fraction of sp³-hybridized carbons (Fsp3) is 0.767. The SMILES string of the molecule is CCCCCCCCCCCCCCCCCC(=O)OC1(OC)Oc2ccccc2CC1(C)C. The van der Waals surface area contributed by atoms with Crippen molar-refractivity contribution >= 4 is 5.97 Å². The van der Waals surface area contributed by atoms with Crippen molar-refractivity contribution in [1.29, 1.82) is 0 Å². The van der Waals surface area contributed by atoms with Gasteiger partial charge in [0, 0.05) is 13.5 Å². The Bertz CT molecular complexity index is 699. The summed E-state index contributed by atoms with van der Waals surface area (Å²) in [5.74, 6) is -0.902. The number of hydrogen-bond acceptors (Lipinski definition) is 4. The van der Waals surface area contributed by atoms with E-state index in [1.54, 1.807) is 7.11 Å². The minimum absolute atomic E-state index is 0.246. The molecule has 0 N–H and O–H groups in total. The van der Waals surface area contributed by atoms with Gasteiger partial charge in [-0.2, -0.15) is 0 Å². The molecule has 0 amide bonds. The van der Waals surface area contributed by atoms with Crippen LogP contribution in [0, 0.1) is 5.41 Å². The Morgan fingerprint density at radius 3 is 1.85 bits per heavy atom. The summed E-state index contributed by atoms with van der Waals surface area (Å²) in [6, 6.07) is 7.88. The first-order valence-corrected chi connectivity index (χ1v) is 14.0. The number of methoxy groups -OCH3 is 1. The van der Waals surface area contributed by atoms with E-state index in [-0.39, 0.29) is 5.97 Å². The number of fused-ring (bicyclic) bond motifs is 1. The average molecular weight is 475 g/mol. The Labute approximate surface area is 209 Å². The van der Waals surface area contributed by atoms with Crippen LogP contribution in [0.15, 0.2) is 24.3 Å². The summed E-state index contributed by atoms with van der Waals surface area (Å²) in [6.45, 7) is 6.32. The van der Waals surface area contributed by atoms with Crippen molar-refractivity contribution < 1.29 is 19.0 Å². The lowest BCUT2D eigenvalue weighted by Gasteiger charge is -2.46. The molecule has 1 aromatic carbocycles. The van der Waals surface area contributed by atoms with E-state index in [1.165, 1.54) is 83.5 Å². The van der Waals surface area contributed by atoms with Gasteiger partial charge in [-0.3, -0.25) is 4.79 Å². The molecule has 0 fully saturated rings. The van der Waals surface area contributed by atoms with Gasteiger partial charge < -0.3 is 14.2 Å². The first-order chi connectivity index (χ1) is 16.4. The van der Waals surface area contributed by atoms with E-state index in [4.69, 9.17) is 14.2 Å². The van der Waals surface area contributed by atoms with Crippen molar-refractivity contribution in [2.45, 2.75) is 136 Å². The smallest absolute Gasteiger partial charge is 0.379 e. The molecular weight excluding hydrogens is 424 g/mol. The van der Waals surface area contributed by atoms with Crippen LogP contribution in [0.25, 0.3) is 0 Å². The Morgan fingerprint density at radius 1 is 0.824 bits per heavy atom. The molecule has 2 rings (SSSR count). The predicted octanol–water partition coefficient (Wildman–Crippen LogP) is 8.75. The fourth-order valence-corrected chi connectivity index (χ4v) is 4.98. The average Bonchev–Trinajstić information content (AvgIpc) is 2.81. The first kappa shape index (κ1) is 28.7. The van der Waals surface area contributed by atoms with Crippen molar-refractivity contribution in [3.05, 3.63) is 29.8 Å². The minimum atomic E-state index is -1.38. The quantitative estimate of drug-likeness (QED) is 0.121. The molecule has 1 aliphatic heterocycles. The zero-order chi connectivity index (χ0) is 24.7. The molecule has 0 aliphatic carbocycles. The standard InChI is InChI=1S/C30H50O4/c1-5-6-7-8-9-10-11-12-13-14-15-16-17-18-19-24-28(31)34-30(32-4)29(2,3)25-26-22-20-21-23-27(26)33-30/h20-23H,5-19,24-25H2,1-4H3. The highest BCUT2D eigenvalue weighted by molar-refractivity contribution is 5.69. The second kappa shape index (κ2) is 15.4. The highest BCUT2D eigenvalue weighted by Gasteiger charge is 2.55. The minimum Gasteiger partial charge on any atom is -0.429 e. The number of benzene rings is 1. The second-order valence-electron chi connectivity index (χ2n) is 10.7. The Kier molecular flexibility index (Phi) is 13.0. The summed E-state index contributed by atoms with van der Waals surface area (Å²) in [6.07, 6.45) is 20.8. The van der Waals surface area contributed by atoms with E-state index in [0.717, 1.165) is 30.6 Å². The zero-order valence-electron chi connectivity index (χ0n) is 22.5. The number of ether oxygens (including phenoxy) is 3. The van der Waals surface area contributed by atoms with Crippen LogP contribution in [-0.4, -0.2) is 19.1 Å². The molecule has 194 valence electrons. The van der Waals surface area contributed by atoms with Gasteiger partial charge in [0.15, 0.2) is 0 Å². The molecule has 0 saturated carbocycles.